The Morgan fingerprint density at radius 2 is 1.88 bits per heavy atom. The van der Waals surface area contributed by atoms with Gasteiger partial charge in [-0.1, -0.05) is 56.1 Å². The standard InChI is InChI=1S/C28H31Cl2F4N3O3/c1-26(2,3)12-22-27(14-35,18-6-5-16(29)11-19(18)28(32,33)34)23(15-4-7-21(31)20(30)10-15)24(37-22)25(40)36-9-8-17(39)13-38/h4-7,10-11,17,22-24,37-39H,8-9,12-13H2,1-3H3,(H,36,40)/t17-,22-,23-,24+,27-/m0/s1. The van der Waals surface area contributed by atoms with Crippen LogP contribution in [0.15, 0.2) is 36.4 Å². The fourth-order valence-electron chi connectivity index (χ4n) is 5.38. The summed E-state index contributed by atoms with van der Waals surface area (Å²) in [5, 5.41) is 34.8. The van der Waals surface area contributed by atoms with Gasteiger partial charge in [-0.2, -0.15) is 18.4 Å². The van der Waals surface area contributed by atoms with Crippen molar-refractivity contribution in [3.63, 3.8) is 0 Å². The summed E-state index contributed by atoms with van der Waals surface area (Å²) >= 11 is 12.0. The minimum atomic E-state index is -4.89. The smallest absolute Gasteiger partial charge is 0.394 e. The molecule has 218 valence electrons. The number of nitrogens with one attached hydrogen (secondary N) is 2. The van der Waals surface area contributed by atoms with Crippen LogP contribution in [0.25, 0.3) is 0 Å². The van der Waals surface area contributed by atoms with Gasteiger partial charge in [0, 0.05) is 23.5 Å². The molecule has 6 nitrogen and oxygen atoms in total. The highest BCUT2D eigenvalue weighted by Gasteiger charge is 2.61. The Kier molecular flexibility index (Phi) is 9.80. The van der Waals surface area contributed by atoms with Crippen molar-refractivity contribution in [3.05, 3.63) is 69.0 Å². The number of nitriles is 1. The second-order valence-electron chi connectivity index (χ2n) is 11.2. The Morgan fingerprint density at radius 3 is 2.42 bits per heavy atom. The number of aliphatic hydroxyl groups excluding tert-OH is 2. The number of halogens is 6. The number of benzene rings is 2. The van der Waals surface area contributed by atoms with E-state index >= 15 is 0 Å². The molecule has 0 unspecified atom stereocenters. The lowest BCUT2D eigenvalue weighted by Gasteiger charge is -2.38. The number of amides is 1. The Bertz CT molecular complexity index is 1280. The zero-order valence-electron chi connectivity index (χ0n) is 22.1. The first kappa shape index (κ1) is 32.1. The van der Waals surface area contributed by atoms with Crippen LogP contribution in [0, 0.1) is 22.6 Å². The molecule has 2 aromatic carbocycles. The van der Waals surface area contributed by atoms with Gasteiger partial charge in [0.25, 0.3) is 0 Å². The molecule has 0 spiro atoms. The number of rotatable bonds is 8. The van der Waals surface area contributed by atoms with E-state index in [4.69, 9.17) is 28.3 Å². The molecule has 0 radical (unpaired) electrons. The van der Waals surface area contributed by atoms with Gasteiger partial charge in [-0.3, -0.25) is 4.79 Å². The minimum Gasteiger partial charge on any atom is -0.394 e. The average Bonchev–Trinajstić information content (AvgIpc) is 3.18. The molecule has 1 saturated heterocycles. The summed E-state index contributed by atoms with van der Waals surface area (Å²) in [6.45, 7) is 5.01. The summed E-state index contributed by atoms with van der Waals surface area (Å²) in [4.78, 5) is 13.6. The van der Waals surface area contributed by atoms with Crippen LogP contribution < -0.4 is 10.6 Å². The van der Waals surface area contributed by atoms with Crippen LogP contribution in [0.5, 0.6) is 0 Å². The van der Waals surface area contributed by atoms with Crippen LogP contribution >= 0.6 is 23.2 Å². The maximum Gasteiger partial charge on any atom is 0.416 e. The van der Waals surface area contributed by atoms with Crippen molar-refractivity contribution in [2.75, 3.05) is 13.2 Å². The van der Waals surface area contributed by atoms with Crippen molar-refractivity contribution in [1.82, 2.24) is 10.6 Å². The molecule has 0 aromatic heterocycles. The Labute approximate surface area is 240 Å². The molecule has 1 amide bonds. The molecule has 4 N–H and O–H groups in total. The summed E-state index contributed by atoms with van der Waals surface area (Å²) in [6.07, 6.45) is -5.76. The molecule has 0 aliphatic carbocycles. The highest BCUT2D eigenvalue weighted by molar-refractivity contribution is 6.31. The molecule has 0 bridgehead atoms. The third-order valence-corrected chi connectivity index (χ3v) is 7.59. The van der Waals surface area contributed by atoms with Crippen molar-refractivity contribution in [1.29, 1.82) is 5.26 Å². The van der Waals surface area contributed by atoms with E-state index in [9.17, 15) is 32.7 Å². The number of hydrogen-bond acceptors (Lipinski definition) is 5. The fourth-order valence-corrected chi connectivity index (χ4v) is 5.74. The lowest BCUT2D eigenvalue weighted by molar-refractivity contribution is -0.138. The lowest BCUT2D eigenvalue weighted by Crippen LogP contribution is -2.46. The Hall–Kier alpha value is -2.42. The van der Waals surface area contributed by atoms with Gasteiger partial charge < -0.3 is 20.8 Å². The van der Waals surface area contributed by atoms with Crippen LogP contribution in [-0.4, -0.2) is 47.5 Å². The van der Waals surface area contributed by atoms with E-state index in [-0.39, 0.29) is 40.6 Å². The molecular weight excluding hydrogens is 573 g/mol. The van der Waals surface area contributed by atoms with E-state index in [0.29, 0.717) is 0 Å². The van der Waals surface area contributed by atoms with Gasteiger partial charge in [0.15, 0.2) is 0 Å². The van der Waals surface area contributed by atoms with E-state index < -0.39 is 65.0 Å². The average molecular weight is 604 g/mol. The third kappa shape index (κ3) is 6.72. The van der Waals surface area contributed by atoms with E-state index in [1.807, 2.05) is 20.8 Å². The molecular formula is C28H31Cl2F4N3O3. The summed E-state index contributed by atoms with van der Waals surface area (Å²) in [5.41, 5.74) is -3.77. The lowest BCUT2D eigenvalue weighted by atomic mass is 9.62. The van der Waals surface area contributed by atoms with Crippen molar-refractivity contribution in [2.45, 2.75) is 69.3 Å². The molecule has 5 atom stereocenters. The second kappa shape index (κ2) is 12.2. The van der Waals surface area contributed by atoms with E-state index in [1.54, 1.807) is 0 Å². The fraction of sp³-hybridized carbons (Fsp3) is 0.500. The van der Waals surface area contributed by atoms with Crippen LogP contribution in [0.3, 0.4) is 0 Å². The largest absolute Gasteiger partial charge is 0.416 e. The van der Waals surface area contributed by atoms with Gasteiger partial charge in [0.1, 0.15) is 11.2 Å². The molecule has 1 aliphatic heterocycles. The minimum absolute atomic E-state index is 0.0201. The van der Waals surface area contributed by atoms with Gasteiger partial charge >= 0.3 is 6.18 Å². The number of nitrogens with zero attached hydrogens (tertiary/aromatic N) is 1. The summed E-state index contributed by atoms with van der Waals surface area (Å²) in [5.74, 6) is -2.66. The van der Waals surface area contributed by atoms with Crippen LogP contribution in [0.4, 0.5) is 17.6 Å². The second-order valence-corrected chi connectivity index (χ2v) is 12.0. The first-order valence-corrected chi connectivity index (χ1v) is 13.4. The zero-order valence-corrected chi connectivity index (χ0v) is 23.6. The molecule has 12 heteroatoms. The van der Waals surface area contributed by atoms with Gasteiger partial charge in [-0.15, -0.1) is 0 Å². The van der Waals surface area contributed by atoms with Crippen LogP contribution in [0.2, 0.25) is 10.0 Å². The van der Waals surface area contributed by atoms with Gasteiger partial charge in [0.05, 0.1) is 35.4 Å². The maximum absolute atomic E-state index is 14.4. The van der Waals surface area contributed by atoms with Crippen molar-refractivity contribution in [2.24, 2.45) is 5.41 Å². The number of carbonyl (C=O) groups is 1. The molecule has 40 heavy (non-hydrogen) atoms. The van der Waals surface area contributed by atoms with Crippen LogP contribution in [-0.2, 0) is 16.4 Å². The van der Waals surface area contributed by atoms with E-state index in [0.717, 1.165) is 18.2 Å². The van der Waals surface area contributed by atoms with Gasteiger partial charge in [0.2, 0.25) is 5.91 Å². The highest BCUT2D eigenvalue weighted by atomic mass is 35.5. The first-order valence-electron chi connectivity index (χ1n) is 12.6. The SMILES string of the molecule is CC(C)(C)C[C@@H]1N[C@@H](C(=O)NCC[C@H](O)CO)[C@H](c2ccc(F)c(Cl)c2)[C@@]1(C#N)c1ccc(Cl)cc1C(F)(F)F. The molecule has 3 rings (SSSR count). The normalized spacial score (nSPS) is 24.0. The predicted molar refractivity (Wildman–Crippen MR) is 143 cm³/mol. The van der Waals surface area contributed by atoms with Gasteiger partial charge in [-0.05, 0) is 53.6 Å². The number of hydrogen-bond donors (Lipinski definition) is 4. The Morgan fingerprint density at radius 1 is 1.20 bits per heavy atom. The molecule has 0 saturated carbocycles. The van der Waals surface area contributed by atoms with Crippen molar-refractivity contribution >= 4 is 29.1 Å². The monoisotopic (exact) mass is 603 g/mol. The number of aliphatic hydroxyl groups is 2. The highest BCUT2D eigenvalue weighted by Crippen LogP contribution is 2.54. The van der Waals surface area contributed by atoms with Gasteiger partial charge in [-0.25, -0.2) is 4.39 Å². The summed E-state index contributed by atoms with van der Waals surface area (Å²) in [6, 6.07) is 6.68. The predicted octanol–water partition coefficient (Wildman–Crippen LogP) is 5.33. The molecule has 1 heterocycles. The number of alkyl halides is 3. The molecule has 2 aromatic rings. The molecule has 1 fully saturated rings. The number of carbonyl (C=O) groups excluding carboxylic acids is 1. The first-order chi connectivity index (χ1) is 18.5. The van der Waals surface area contributed by atoms with Crippen LogP contribution in [0.1, 0.15) is 56.2 Å². The Balaban J connectivity index is 2.31. The molecule has 1 aliphatic rings. The quantitative estimate of drug-likeness (QED) is 0.305. The third-order valence-electron chi connectivity index (χ3n) is 7.06. The van der Waals surface area contributed by atoms with E-state index in [1.165, 1.54) is 18.2 Å². The summed E-state index contributed by atoms with van der Waals surface area (Å²) in [7, 11) is 0. The van der Waals surface area contributed by atoms with E-state index in [2.05, 4.69) is 16.7 Å². The zero-order chi connectivity index (χ0) is 30.0. The van der Waals surface area contributed by atoms with Crippen molar-refractivity contribution in [3.8, 4) is 6.07 Å². The maximum atomic E-state index is 14.4. The topological polar surface area (TPSA) is 105 Å². The summed E-state index contributed by atoms with van der Waals surface area (Å²) < 4.78 is 57.5. The van der Waals surface area contributed by atoms with Crippen molar-refractivity contribution < 1.29 is 32.6 Å².